The molecule has 3 rings (SSSR count). The summed E-state index contributed by atoms with van der Waals surface area (Å²) in [7, 11) is 2.91. The summed E-state index contributed by atoms with van der Waals surface area (Å²) in [5.74, 6) is 0.0423. The fraction of sp³-hybridized carbons (Fsp3) is 0.538. The summed E-state index contributed by atoms with van der Waals surface area (Å²) in [6.45, 7) is 1.45. The number of phenols is 2. The van der Waals surface area contributed by atoms with Crippen LogP contribution in [0, 0.1) is 11.8 Å². The zero-order valence-electron chi connectivity index (χ0n) is 20.7. The van der Waals surface area contributed by atoms with Crippen molar-refractivity contribution in [1.82, 2.24) is 0 Å². The van der Waals surface area contributed by atoms with Crippen molar-refractivity contribution < 1.29 is 49.6 Å². The van der Waals surface area contributed by atoms with Gasteiger partial charge in [-0.15, -0.1) is 0 Å². The van der Waals surface area contributed by atoms with E-state index in [1.807, 2.05) is 0 Å². The number of benzene rings is 2. The Morgan fingerprint density at radius 1 is 0.806 bits per heavy atom. The Morgan fingerprint density at radius 2 is 1.33 bits per heavy atom. The molecule has 0 spiro atoms. The van der Waals surface area contributed by atoms with Crippen LogP contribution in [0.4, 0.5) is 0 Å². The number of aliphatic hydroxyl groups excluding tert-OH is 4. The molecule has 7 unspecified atom stereocenters. The third-order valence-electron chi connectivity index (χ3n) is 6.67. The van der Waals surface area contributed by atoms with Crippen molar-refractivity contribution in [2.45, 2.75) is 50.5 Å². The lowest BCUT2D eigenvalue weighted by atomic mass is 9.83. The summed E-state index contributed by atoms with van der Waals surface area (Å²) in [5.41, 5.74) is 1.66. The van der Waals surface area contributed by atoms with Gasteiger partial charge in [0.1, 0.15) is 18.3 Å². The van der Waals surface area contributed by atoms with Gasteiger partial charge in [0, 0.05) is 6.61 Å². The van der Waals surface area contributed by atoms with E-state index in [1.54, 1.807) is 31.2 Å². The van der Waals surface area contributed by atoms with Crippen molar-refractivity contribution in [1.29, 1.82) is 0 Å². The fourth-order valence-corrected chi connectivity index (χ4v) is 4.42. The van der Waals surface area contributed by atoms with Crippen LogP contribution in [0.1, 0.15) is 18.1 Å². The second kappa shape index (κ2) is 12.6. The van der Waals surface area contributed by atoms with Crippen LogP contribution in [0.5, 0.6) is 23.0 Å². The van der Waals surface area contributed by atoms with Crippen LogP contribution in [0.3, 0.4) is 0 Å². The minimum atomic E-state index is -1.44. The van der Waals surface area contributed by atoms with Gasteiger partial charge in [-0.1, -0.05) is 12.1 Å². The summed E-state index contributed by atoms with van der Waals surface area (Å²) >= 11 is 0. The van der Waals surface area contributed by atoms with Crippen molar-refractivity contribution in [2.24, 2.45) is 11.8 Å². The molecule has 10 heteroatoms. The molecular weight excluding hydrogens is 472 g/mol. The normalized spacial score (nSPS) is 25.8. The van der Waals surface area contributed by atoms with Crippen LogP contribution in [-0.2, 0) is 22.3 Å². The minimum Gasteiger partial charge on any atom is -0.504 e. The molecular formula is C26H36O10. The monoisotopic (exact) mass is 508 g/mol. The van der Waals surface area contributed by atoms with Crippen LogP contribution < -0.4 is 9.47 Å². The van der Waals surface area contributed by atoms with E-state index in [1.165, 1.54) is 26.4 Å². The smallest absolute Gasteiger partial charge is 0.186 e. The molecule has 6 N–H and O–H groups in total. The van der Waals surface area contributed by atoms with E-state index in [-0.39, 0.29) is 36.5 Å². The van der Waals surface area contributed by atoms with E-state index < -0.39 is 30.7 Å². The third kappa shape index (κ3) is 6.58. The van der Waals surface area contributed by atoms with Gasteiger partial charge >= 0.3 is 0 Å². The molecule has 1 aliphatic rings. The Balaban J connectivity index is 1.83. The molecule has 2 aromatic rings. The van der Waals surface area contributed by atoms with Gasteiger partial charge in [-0.25, -0.2) is 0 Å². The fourth-order valence-electron chi connectivity index (χ4n) is 4.42. The predicted octanol–water partition coefficient (Wildman–Crippen LogP) is 0.969. The predicted molar refractivity (Wildman–Crippen MR) is 129 cm³/mol. The SMILES string of the molecule is COc1cc(CC(CO)C(COC2OC(C)C(O)C(O)C2O)Cc2ccc(O)c(OC)c2)ccc1O. The second-order valence-electron chi connectivity index (χ2n) is 9.14. The second-order valence-corrected chi connectivity index (χ2v) is 9.14. The number of aromatic hydroxyl groups is 2. The molecule has 0 aliphatic carbocycles. The highest BCUT2D eigenvalue weighted by Gasteiger charge is 2.42. The van der Waals surface area contributed by atoms with E-state index in [9.17, 15) is 30.6 Å². The van der Waals surface area contributed by atoms with E-state index in [0.717, 1.165) is 11.1 Å². The summed E-state index contributed by atoms with van der Waals surface area (Å²) in [6.07, 6.45) is -5.15. The molecule has 0 saturated carbocycles. The maximum atomic E-state index is 10.4. The summed E-state index contributed by atoms with van der Waals surface area (Å²) < 4.78 is 21.9. The van der Waals surface area contributed by atoms with Gasteiger partial charge in [-0.05, 0) is 67.0 Å². The highest BCUT2D eigenvalue weighted by Crippen LogP contribution is 2.32. The third-order valence-corrected chi connectivity index (χ3v) is 6.67. The van der Waals surface area contributed by atoms with Gasteiger partial charge in [-0.2, -0.15) is 0 Å². The zero-order chi connectivity index (χ0) is 26.4. The van der Waals surface area contributed by atoms with Gasteiger partial charge < -0.3 is 49.6 Å². The van der Waals surface area contributed by atoms with Crippen molar-refractivity contribution in [3.63, 3.8) is 0 Å². The van der Waals surface area contributed by atoms with E-state index in [4.69, 9.17) is 18.9 Å². The standard InChI is InChI=1S/C26H36O10/c1-14-23(30)24(31)25(32)26(36-14)35-13-18(9-16-5-7-20(29)22(11-16)34-3)17(12-27)8-15-4-6-19(28)21(10-15)33-2/h4-7,10-11,14,17-18,23-32H,8-9,12-13H2,1-3H3. The summed E-state index contributed by atoms with van der Waals surface area (Å²) in [4.78, 5) is 0. The van der Waals surface area contributed by atoms with Gasteiger partial charge in [0.05, 0.1) is 26.9 Å². The molecule has 10 nitrogen and oxygen atoms in total. The average Bonchev–Trinajstić information content (AvgIpc) is 2.88. The molecule has 36 heavy (non-hydrogen) atoms. The Bertz CT molecular complexity index is 983. The molecule has 1 aliphatic heterocycles. The Labute approximate surface area is 210 Å². The van der Waals surface area contributed by atoms with E-state index >= 15 is 0 Å². The molecule has 7 atom stereocenters. The number of hydrogen-bond donors (Lipinski definition) is 6. The molecule has 0 amide bonds. The van der Waals surface area contributed by atoms with E-state index in [0.29, 0.717) is 24.3 Å². The molecule has 0 bridgehead atoms. The highest BCUT2D eigenvalue weighted by molar-refractivity contribution is 5.43. The van der Waals surface area contributed by atoms with Crippen molar-refractivity contribution in [3.05, 3.63) is 47.5 Å². The van der Waals surface area contributed by atoms with E-state index in [2.05, 4.69) is 0 Å². The van der Waals surface area contributed by atoms with Crippen molar-refractivity contribution in [3.8, 4) is 23.0 Å². The summed E-state index contributed by atoms with van der Waals surface area (Å²) in [6, 6.07) is 9.95. The molecule has 1 saturated heterocycles. The number of ether oxygens (including phenoxy) is 4. The molecule has 1 fully saturated rings. The molecule has 2 aromatic carbocycles. The lowest BCUT2D eigenvalue weighted by Crippen LogP contribution is -2.57. The maximum Gasteiger partial charge on any atom is 0.186 e. The van der Waals surface area contributed by atoms with Crippen molar-refractivity contribution >= 4 is 0 Å². The number of hydrogen-bond acceptors (Lipinski definition) is 10. The Morgan fingerprint density at radius 3 is 1.83 bits per heavy atom. The quantitative estimate of drug-likeness (QED) is 0.258. The largest absolute Gasteiger partial charge is 0.504 e. The zero-order valence-corrected chi connectivity index (χ0v) is 20.7. The van der Waals surface area contributed by atoms with Crippen LogP contribution in [0.15, 0.2) is 36.4 Å². The van der Waals surface area contributed by atoms with Crippen LogP contribution >= 0.6 is 0 Å². The molecule has 0 radical (unpaired) electrons. The van der Waals surface area contributed by atoms with Crippen LogP contribution in [0.2, 0.25) is 0 Å². The lowest BCUT2D eigenvalue weighted by molar-refractivity contribution is -0.296. The maximum absolute atomic E-state index is 10.4. The number of aliphatic hydroxyl groups is 4. The first-order chi connectivity index (χ1) is 17.2. The van der Waals surface area contributed by atoms with Gasteiger partial charge in [0.2, 0.25) is 0 Å². The lowest BCUT2D eigenvalue weighted by Gasteiger charge is -2.39. The van der Waals surface area contributed by atoms with Crippen LogP contribution in [-0.4, -0.2) is 88.8 Å². The van der Waals surface area contributed by atoms with Crippen LogP contribution in [0.25, 0.3) is 0 Å². The van der Waals surface area contributed by atoms with Gasteiger partial charge in [-0.3, -0.25) is 0 Å². The van der Waals surface area contributed by atoms with Gasteiger partial charge in [0.25, 0.3) is 0 Å². The van der Waals surface area contributed by atoms with Crippen molar-refractivity contribution in [2.75, 3.05) is 27.4 Å². The number of phenolic OH excluding ortho intramolecular Hbond substituents is 2. The average molecular weight is 509 g/mol. The highest BCUT2D eigenvalue weighted by atomic mass is 16.7. The topological polar surface area (TPSA) is 158 Å². The number of methoxy groups -OCH3 is 2. The minimum absolute atomic E-state index is 0.00390. The first-order valence-electron chi connectivity index (χ1n) is 11.8. The molecule has 0 aromatic heterocycles. The molecule has 1 heterocycles. The Hall–Kier alpha value is -2.60. The van der Waals surface area contributed by atoms with Gasteiger partial charge in [0.15, 0.2) is 29.3 Å². The Kier molecular flexibility index (Phi) is 9.77. The first kappa shape index (κ1) is 28.0. The first-order valence-corrected chi connectivity index (χ1v) is 11.8. The molecule has 200 valence electrons. The number of rotatable bonds is 11. The summed E-state index contributed by atoms with van der Waals surface area (Å²) in [5, 5.41) is 60.6.